The first-order valence-electron chi connectivity index (χ1n) is 16.7. The molecule has 0 aliphatic carbocycles. The minimum atomic E-state index is -1.59. The number of unbranched alkanes of at least 4 members (excludes halogenated alkanes) is 6. The van der Waals surface area contributed by atoms with E-state index in [0.717, 1.165) is 64.2 Å². The molecule has 1 fully saturated rings. The van der Waals surface area contributed by atoms with Crippen LogP contribution in [0.2, 0.25) is 0 Å². The molecule has 4 N–H and O–H groups in total. The molecular formula is C35H58O10. The molecule has 1 aliphatic rings. The van der Waals surface area contributed by atoms with Gasteiger partial charge in [0.2, 0.25) is 0 Å². The van der Waals surface area contributed by atoms with Crippen LogP contribution in [0.1, 0.15) is 104 Å². The summed E-state index contributed by atoms with van der Waals surface area (Å²) in [7, 11) is 0. The maximum atomic E-state index is 12.5. The molecule has 0 spiro atoms. The van der Waals surface area contributed by atoms with Gasteiger partial charge >= 0.3 is 11.9 Å². The predicted molar refractivity (Wildman–Crippen MR) is 173 cm³/mol. The van der Waals surface area contributed by atoms with E-state index in [1.54, 1.807) is 0 Å². The molecular weight excluding hydrogens is 580 g/mol. The van der Waals surface area contributed by atoms with Crippen molar-refractivity contribution in [2.24, 2.45) is 0 Å². The summed E-state index contributed by atoms with van der Waals surface area (Å²) in [4.78, 5) is 24.3. The molecule has 6 unspecified atom stereocenters. The lowest BCUT2D eigenvalue weighted by Gasteiger charge is -2.39. The van der Waals surface area contributed by atoms with Crippen LogP contribution in [0.5, 0.6) is 0 Å². The van der Waals surface area contributed by atoms with Gasteiger partial charge < -0.3 is 39.4 Å². The molecule has 0 aromatic heterocycles. The first-order valence-corrected chi connectivity index (χ1v) is 16.7. The van der Waals surface area contributed by atoms with Crippen LogP contribution in [0.3, 0.4) is 0 Å². The number of aliphatic hydroxyl groups excluding tert-OH is 4. The number of carbonyl (C=O) groups excluding carboxylic acids is 2. The molecule has 0 aromatic rings. The maximum Gasteiger partial charge on any atom is 0.306 e. The van der Waals surface area contributed by atoms with E-state index in [9.17, 15) is 30.0 Å². The van der Waals surface area contributed by atoms with E-state index < -0.39 is 55.4 Å². The van der Waals surface area contributed by atoms with Gasteiger partial charge in [-0.25, -0.2) is 0 Å². The Bertz CT molecular complexity index is 882. The molecule has 1 saturated heterocycles. The third-order valence-electron chi connectivity index (χ3n) is 7.20. The zero-order valence-corrected chi connectivity index (χ0v) is 27.3. The van der Waals surface area contributed by atoms with Crippen LogP contribution >= 0.6 is 0 Å². The number of rotatable bonds is 25. The highest BCUT2D eigenvalue weighted by molar-refractivity contribution is 5.70. The summed E-state index contributed by atoms with van der Waals surface area (Å²) < 4.78 is 21.5. The summed E-state index contributed by atoms with van der Waals surface area (Å²) in [6, 6.07) is 0. The highest BCUT2D eigenvalue weighted by Gasteiger charge is 2.44. The van der Waals surface area contributed by atoms with Crippen molar-refractivity contribution in [3.8, 4) is 0 Å². The second-order valence-corrected chi connectivity index (χ2v) is 11.2. The van der Waals surface area contributed by atoms with Crippen LogP contribution in [-0.4, -0.2) is 89.0 Å². The molecule has 10 nitrogen and oxygen atoms in total. The van der Waals surface area contributed by atoms with E-state index >= 15 is 0 Å². The van der Waals surface area contributed by atoms with Crippen LogP contribution < -0.4 is 0 Å². The number of esters is 2. The van der Waals surface area contributed by atoms with Gasteiger partial charge in [0.1, 0.15) is 31.0 Å². The summed E-state index contributed by atoms with van der Waals surface area (Å²) >= 11 is 0. The summed E-state index contributed by atoms with van der Waals surface area (Å²) in [6.45, 7) is 2.86. The smallest absolute Gasteiger partial charge is 0.306 e. The SMILES string of the molecule is CC/C=C\C/C=C\C/C=C\C/C=C\CCCCCCCCC(=O)OC(COC(=O)CCC)COC1OC(CO)C(O)C(O)C1O. The fraction of sp³-hybridized carbons (Fsp3) is 0.714. The topological polar surface area (TPSA) is 152 Å². The second kappa shape index (κ2) is 26.8. The molecule has 0 aromatic carbocycles. The van der Waals surface area contributed by atoms with E-state index in [-0.39, 0.29) is 26.1 Å². The normalized spacial score (nSPS) is 23.0. The monoisotopic (exact) mass is 638 g/mol. The fourth-order valence-electron chi connectivity index (χ4n) is 4.57. The molecule has 10 heteroatoms. The Hall–Kier alpha value is -2.34. The van der Waals surface area contributed by atoms with Crippen LogP contribution in [0.15, 0.2) is 48.6 Å². The average molecular weight is 639 g/mol. The van der Waals surface area contributed by atoms with Crippen LogP contribution in [-0.2, 0) is 28.5 Å². The molecule has 1 aliphatic heterocycles. The number of allylic oxidation sites excluding steroid dienone is 8. The highest BCUT2D eigenvalue weighted by Crippen LogP contribution is 2.22. The summed E-state index contributed by atoms with van der Waals surface area (Å²) in [6.07, 6.45) is 21.6. The van der Waals surface area contributed by atoms with Gasteiger partial charge in [0.05, 0.1) is 13.2 Å². The lowest BCUT2D eigenvalue weighted by molar-refractivity contribution is -0.305. The Morgan fingerprint density at radius 1 is 0.711 bits per heavy atom. The first-order chi connectivity index (χ1) is 21.8. The van der Waals surface area contributed by atoms with Crippen molar-refractivity contribution < 1.29 is 49.0 Å². The standard InChI is InChI=1S/C35H58O10/c1-3-5-6-7-8-9-10-11-12-13-14-15-16-17-18-19-20-21-22-24-31(38)44-28(26-42-30(37)23-4-2)27-43-35-34(41)33(40)32(39)29(25-36)45-35/h5-6,8-9,11-12,14-15,28-29,32-36,39-41H,3-4,7,10,13,16-27H2,1-2H3/b6-5-,9-8-,12-11-,15-14-. The van der Waals surface area contributed by atoms with Gasteiger partial charge in [0.25, 0.3) is 0 Å². The number of carbonyl (C=O) groups is 2. The lowest BCUT2D eigenvalue weighted by Crippen LogP contribution is -2.59. The Labute approximate surface area is 269 Å². The zero-order valence-electron chi connectivity index (χ0n) is 27.3. The van der Waals surface area contributed by atoms with Crippen molar-refractivity contribution in [1.82, 2.24) is 0 Å². The molecule has 0 amide bonds. The van der Waals surface area contributed by atoms with Crippen molar-refractivity contribution in [3.05, 3.63) is 48.6 Å². The van der Waals surface area contributed by atoms with Gasteiger partial charge in [-0.3, -0.25) is 9.59 Å². The molecule has 6 atom stereocenters. The predicted octanol–water partition coefficient (Wildman–Crippen LogP) is 4.98. The van der Waals surface area contributed by atoms with Crippen molar-refractivity contribution in [2.45, 2.75) is 141 Å². The van der Waals surface area contributed by atoms with Crippen molar-refractivity contribution in [3.63, 3.8) is 0 Å². The zero-order chi connectivity index (χ0) is 33.1. The van der Waals surface area contributed by atoms with E-state index in [1.165, 1.54) is 0 Å². The third kappa shape index (κ3) is 19.7. The Morgan fingerprint density at radius 2 is 1.31 bits per heavy atom. The molecule has 0 saturated carbocycles. The first kappa shape index (κ1) is 40.7. The number of ether oxygens (including phenoxy) is 4. The van der Waals surface area contributed by atoms with E-state index in [4.69, 9.17) is 18.9 Å². The number of hydrogen-bond donors (Lipinski definition) is 4. The minimum absolute atomic E-state index is 0.210. The molecule has 1 rings (SSSR count). The average Bonchev–Trinajstić information content (AvgIpc) is 3.03. The quantitative estimate of drug-likeness (QED) is 0.0612. The Morgan fingerprint density at radius 3 is 1.93 bits per heavy atom. The lowest BCUT2D eigenvalue weighted by atomic mass is 9.99. The van der Waals surface area contributed by atoms with Crippen molar-refractivity contribution in [2.75, 3.05) is 19.8 Å². The van der Waals surface area contributed by atoms with Crippen LogP contribution in [0, 0.1) is 0 Å². The third-order valence-corrected chi connectivity index (χ3v) is 7.20. The largest absolute Gasteiger partial charge is 0.462 e. The van der Waals surface area contributed by atoms with Gasteiger partial charge in [0.15, 0.2) is 12.4 Å². The Kier molecular flexibility index (Phi) is 24.3. The van der Waals surface area contributed by atoms with E-state index in [0.29, 0.717) is 12.8 Å². The van der Waals surface area contributed by atoms with Crippen LogP contribution in [0.25, 0.3) is 0 Å². The van der Waals surface area contributed by atoms with Crippen LogP contribution in [0.4, 0.5) is 0 Å². The Balaban J connectivity index is 2.25. The summed E-state index contributed by atoms with van der Waals surface area (Å²) in [5.41, 5.74) is 0. The molecule has 0 radical (unpaired) electrons. The maximum absolute atomic E-state index is 12.5. The minimum Gasteiger partial charge on any atom is -0.462 e. The molecule has 0 bridgehead atoms. The number of hydrogen-bond acceptors (Lipinski definition) is 10. The second-order valence-electron chi connectivity index (χ2n) is 11.2. The highest BCUT2D eigenvalue weighted by atomic mass is 16.7. The van der Waals surface area contributed by atoms with Gasteiger partial charge in [-0.15, -0.1) is 0 Å². The van der Waals surface area contributed by atoms with Crippen molar-refractivity contribution >= 4 is 11.9 Å². The molecule has 45 heavy (non-hydrogen) atoms. The molecule has 258 valence electrons. The fourth-order valence-corrected chi connectivity index (χ4v) is 4.57. The molecule has 1 heterocycles. The summed E-state index contributed by atoms with van der Waals surface area (Å²) in [5.74, 6) is -0.892. The van der Waals surface area contributed by atoms with Gasteiger partial charge in [-0.2, -0.15) is 0 Å². The van der Waals surface area contributed by atoms with E-state index in [1.807, 2.05) is 6.92 Å². The van der Waals surface area contributed by atoms with Gasteiger partial charge in [-0.05, 0) is 51.4 Å². The van der Waals surface area contributed by atoms with Gasteiger partial charge in [0, 0.05) is 12.8 Å². The summed E-state index contributed by atoms with van der Waals surface area (Å²) in [5, 5.41) is 39.4. The van der Waals surface area contributed by atoms with Crippen molar-refractivity contribution in [1.29, 1.82) is 0 Å². The number of aliphatic hydroxyl groups is 4. The van der Waals surface area contributed by atoms with E-state index in [2.05, 4.69) is 55.5 Å². The van der Waals surface area contributed by atoms with Gasteiger partial charge in [-0.1, -0.05) is 88.1 Å².